The first kappa shape index (κ1) is 12.0. The zero-order valence-corrected chi connectivity index (χ0v) is 9.60. The smallest absolute Gasteiger partial charge is 0.0695 e. The van der Waals surface area contributed by atoms with Crippen molar-refractivity contribution in [3.8, 4) is 0 Å². The number of rotatable bonds is 2. The molecule has 0 aliphatic carbocycles. The molecule has 0 aliphatic rings. The number of hydrogen-bond acceptors (Lipinski definition) is 1. The molecule has 0 amide bonds. The first-order valence-corrected chi connectivity index (χ1v) is 4.83. The van der Waals surface area contributed by atoms with Gasteiger partial charge in [-0.2, -0.15) is 0 Å². The molecule has 0 radical (unpaired) electrons. The summed E-state index contributed by atoms with van der Waals surface area (Å²) in [6.45, 7) is 14.6. The van der Waals surface area contributed by atoms with E-state index in [1.165, 1.54) is 0 Å². The van der Waals surface area contributed by atoms with E-state index in [-0.39, 0.29) is 5.41 Å². The van der Waals surface area contributed by atoms with E-state index in [0.717, 1.165) is 0 Å². The molecule has 74 valence electrons. The molecule has 0 rings (SSSR count). The van der Waals surface area contributed by atoms with Gasteiger partial charge in [0.25, 0.3) is 0 Å². The van der Waals surface area contributed by atoms with Crippen LogP contribution in [0.1, 0.15) is 48.5 Å². The Balaban J connectivity index is 4.61. The lowest BCUT2D eigenvalue weighted by molar-refractivity contribution is -0.0966. The van der Waals surface area contributed by atoms with Gasteiger partial charge in [-0.1, -0.05) is 41.5 Å². The Hall–Kier alpha value is -0.0400. The second-order valence-electron chi connectivity index (χ2n) is 5.43. The molecular formula is C11H24O. The SMILES string of the molecule is CC(C)C(C)C(C)(O)C(C)(C)C. The molecule has 0 bridgehead atoms. The van der Waals surface area contributed by atoms with E-state index in [9.17, 15) is 5.11 Å². The van der Waals surface area contributed by atoms with Gasteiger partial charge < -0.3 is 5.11 Å². The van der Waals surface area contributed by atoms with Gasteiger partial charge in [0.05, 0.1) is 5.60 Å². The minimum atomic E-state index is -0.582. The van der Waals surface area contributed by atoms with Gasteiger partial charge in [0.2, 0.25) is 0 Å². The zero-order chi connectivity index (χ0) is 10.2. The first-order valence-electron chi connectivity index (χ1n) is 4.83. The molecule has 0 saturated carbocycles. The lowest BCUT2D eigenvalue weighted by atomic mass is 9.67. The Morgan fingerprint density at radius 3 is 1.33 bits per heavy atom. The highest BCUT2D eigenvalue weighted by molar-refractivity contribution is 4.91. The maximum absolute atomic E-state index is 10.3. The fraction of sp³-hybridized carbons (Fsp3) is 1.00. The highest BCUT2D eigenvalue weighted by Gasteiger charge is 2.41. The Labute approximate surface area is 77.2 Å². The van der Waals surface area contributed by atoms with Gasteiger partial charge in [0, 0.05) is 0 Å². The van der Waals surface area contributed by atoms with Gasteiger partial charge in [-0.25, -0.2) is 0 Å². The summed E-state index contributed by atoms with van der Waals surface area (Å²) in [5, 5.41) is 10.3. The van der Waals surface area contributed by atoms with Crippen molar-refractivity contribution in [3.05, 3.63) is 0 Å². The predicted octanol–water partition coefficient (Wildman–Crippen LogP) is 3.08. The largest absolute Gasteiger partial charge is 0.389 e. The Morgan fingerprint density at radius 1 is 0.917 bits per heavy atom. The third-order valence-electron chi connectivity index (χ3n) is 3.41. The monoisotopic (exact) mass is 172 g/mol. The molecule has 0 aromatic heterocycles. The molecule has 1 N–H and O–H groups in total. The van der Waals surface area contributed by atoms with Crippen molar-refractivity contribution in [2.75, 3.05) is 0 Å². The lowest BCUT2D eigenvalue weighted by Crippen LogP contribution is -2.47. The minimum absolute atomic E-state index is 0.0450. The van der Waals surface area contributed by atoms with Gasteiger partial charge in [0.15, 0.2) is 0 Å². The molecule has 0 fully saturated rings. The third kappa shape index (κ3) is 2.22. The van der Waals surface area contributed by atoms with Crippen LogP contribution < -0.4 is 0 Å². The molecule has 0 saturated heterocycles. The van der Waals surface area contributed by atoms with Gasteiger partial charge in [-0.15, -0.1) is 0 Å². The van der Waals surface area contributed by atoms with E-state index in [4.69, 9.17) is 0 Å². The summed E-state index contributed by atoms with van der Waals surface area (Å²) in [7, 11) is 0. The second-order valence-corrected chi connectivity index (χ2v) is 5.43. The standard InChI is InChI=1S/C11H24O/c1-8(2)9(3)11(7,12)10(4,5)6/h8-9,12H,1-7H3. The van der Waals surface area contributed by atoms with Crippen molar-refractivity contribution < 1.29 is 5.11 Å². The molecule has 2 unspecified atom stereocenters. The Kier molecular flexibility index (Phi) is 3.36. The molecule has 1 nitrogen and oxygen atoms in total. The van der Waals surface area contributed by atoms with Gasteiger partial charge >= 0.3 is 0 Å². The van der Waals surface area contributed by atoms with Crippen LogP contribution in [-0.2, 0) is 0 Å². The second kappa shape index (κ2) is 3.37. The highest BCUT2D eigenvalue weighted by Crippen LogP contribution is 2.38. The summed E-state index contributed by atoms with van der Waals surface area (Å²) >= 11 is 0. The van der Waals surface area contributed by atoms with E-state index >= 15 is 0 Å². The molecule has 1 heteroatoms. The van der Waals surface area contributed by atoms with Crippen molar-refractivity contribution in [1.29, 1.82) is 0 Å². The van der Waals surface area contributed by atoms with E-state index in [1.54, 1.807) is 0 Å². The molecule has 0 heterocycles. The maximum atomic E-state index is 10.3. The molecule has 0 aliphatic heterocycles. The van der Waals surface area contributed by atoms with Crippen molar-refractivity contribution >= 4 is 0 Å². The van der Waals surface area contributed by atoms with Crippen LogP contribution in [0.5, 0.6) is 0 Å². The quantitative estimate of drug-likeness (QED) is 0.678. The zero-order valence-electron chi connectivity index (χ0n) is 9.60. The third-order valence-corrected chi connectivity index (χ3v) is 3.41. The fourth-order valence-corrected chi connectivity index (χ4v) is 1.33. The Bertz CT molecular complexity index is 140. The summed E-state index contributed by atoms with van der Waals surface area (Å²) in [5.41, 5.74) is -0.627. The molecule has 12 heavy (non-hydrogen) atoms. The molecule has 0 aromatic rings. The van der Waals surface area contributed by atoms with Crippen molar-refractivity contribution in [1.82, 2.24) is 0 Å². The normalized spacial score (nSPS) is 20.8. The number of hydrogen-bond donors (Lipinski definition) is 1. The van der Waals surface area contributed by atoms with Crippen LogP contribution in [0.25, 0.3) is 0 Å². The van der Waals surface area contributed by atoms with Crippen LogP contribution in [-0.4, -0.2) is 10.7 Å². The van der Waals surface area contributed by atoms with Crippen LogP contribution in [0.4, 0.5) is 0 Å². The molecule has 0 aromatic carbocycles. The van der Waals surface area contributed by atoms with Crippen molar-refractivity contribution in [2.45, 2.75) is 54.1 Å². The topological polar surface area (TPSA) is 20.2 Å². The van der Waals surface area contributed by atoms with Crippen molar-refractivity contribution in [2.24, 2.45) is 17.3 Å². The van der Waals surface area contributed by atoms with E-state index < -0.39 is 5.60 Å². The van der Waals surface area contributed by atoms with E-state index in [1.807, 2.05) is 6.92 Å². The van der Waals surface area contributed by atoms with Gasteiger partial charge in [-0.3, -0.25) is 0 Å². The summed E-state index contributed by atoms with van der Waals surface area (Å²) in [6.07, 6.45) is 0. The maximum Gasteiger partial charge on any atom is 0.0695 e. The van der Waals surface area contributed by atoms with Crippen LogP contribution in [0.3, 0.4) is 0 Å². The fourth-order valence-electron chi connectivity index (χ4n) is 1.33. The van der Waals surface area contributed by atoms with E-state index in [0.29, 0.717) is 11.8 Å². The molecular weight excluding hydrogens is 148 g/mol. The predicted molar refractivity (Wildman–Crippen MR) is 54.1 cm³/mol. The average Bonchev–Trinajstić information content (AvgIpc) is 1.83. The molecule has 0 spiro atoms. The summed E-state index contributed by atoms with van der Waals surface area (Å²) < 4.78 is 0. The van der Waals surface area contributed by atoms with Crippen LogP contribution >= 0.6 is 0 Å². The minimum Gasteiger partial charge on any atom is -0.389 e. The summed E-state index contributed by atoms with van der Waals surface area (Å²) in [4.78, 5) is 0. The lowest BCUT2D eigenvalue weighted by Gasteiger charge is -2.43. The van der Waals surface area contributed by atoms with E-state index in [2.05, 4.69) is 41.5 Å². The van der Waals surface area contributed by atoms with Gasteiger partial charge in [-0.05, 0) is 24.2 Å². The first-order chi connectivity index (χ1) is 5.10. The molecule has 2 atom stereocenters. The Morgan fingerprint density at radius 2 is 1.25 bits per heavy atom. The highest BCUT2D eigenvalue weighted by atomic mass is 16.3. The van der Waals surface area contributed by atoms with Gasteiger partial charge in [0.1, 0.15) is 0 Å². The van der Waals surface area contributed by atoms with Crippen molar-refractivity contribution in [3.63, 3.8) is 0 Å². The number of aliphatic hydroxyl groups is 1. The van der Waals surface area contributed by atoms with Crippen LogP contribution in [0.15, 0.2) is 0 Å². The van der Waals surface area contributed by atoms with Crippen LogP contribution in [0, 0.1) is 17.3 Å². The summed E-state index contributed by atoms with van der Waals surface area (Å²) in [5.74, 6) is 0.858. The average molecular weight is 172 g/mol. The van der Waals surface area contributed by atoms with Crippen LogP contribution in [0.2, 0.25) is 0 Å². The summed E-state index contributed by atoms with van der Waals surface area (Å²) in [6, 6.07) is 0.